The summed E-state index contributed by atoms with van der Waals surface area (Å²) in [6.07, 6.45) is 11.6. The summed E-state index contributed by atoms with van der Waals surface area (Å²) in [5.74, 6) is 0.822. The maximum absolute atomic E-state index is 5.32. The summed E-state index contributed by atoms with van der Waals surface area (Å²) < 4.78 is 0. The number of benzene rings is 7. The van der Waals surface area contributed by atoms with Crippen LogP contribution in [0.1, 0.15) is 23.6 Å². The molecule has 0 aliphatic heterocycles. The van der Waals surface area contributed by atoms with Gasteiger partial charge in [-0.05, 0) is 85.4 Å². The molecule has 0 spiro atoms. The van der Waals surface area contributed by atoms with Crippen molar-refractivity contribution in [1.29, 1.82) is 0 Å². The van der Waals surface area contributed by atoms with Crippen molar-refractivity contribution >= 4 is 37.9 Å². The third-order valence-electron chi connectivity index (χ3n) is 10.7. The Morgan fingerprint density at radius 1 is 0.444 bits per heavy atom. The lowest BCUT2D eigenvalue weighted by Crippen LogP contribution is -2.05. The van der Waals surface area contributed by atoms with Gasteiger partial charge in [0.2, 0.25) is 0 Å². The first-order valence-electron chi connectivity index (χ1n) is 18.5. The summed E-state index contributed by atoms with van der Waals surface area (Å²) in [7, 11) is 0. The van der Waals surface area contributed by atoms with Crippen LogP contribution in [0.15, 0.2) is 194 Å². The highest BCUT2D eigenvalue weighted by Crippen LogP contribution is 2.38. The van der Waals surface area contributed by atoms with Crippen molar-refractivity contribution in [3.8, 4) is 44.9 Å². The first-order valence-corrected chi connectivity index (χ1v) is 18.5. The van der Waals surface area contributed by atoms with Gasteiger partial charge in [-0.1, -0.05) is 158 Å². The van der Waals surface area contributed by atoms with Gasteiger partial charge in [-0.15, -0.1) is 0 Å². The molecule has 0 saturated heterocycles. The van der Waals surface area contributed by atoms with Crippen molar-refractivity contribution in [2.75, 3.05) is 0 Å². The molecule has 3 nitrogen and oxygen atoms in total. The van der Waals surface area contributed by atoms with E-state index in [1.165, 1.54) is 43.6 Å². The molecule has 1 aliphatic rings. The Labute approximate surface area is 314 Å². The van der Waals surface area contributed by atoms with Gasteiger partial charge in [-0.25, -0.2) is 9.97 Å². The van der Waals surface area contributed by atoms with Gasteiger partial charge in [-0.2, -0.15) is 0 Å². The zero-order valence-electron chi connectivity index (χ0n) is 29.6. The second kappa shape index (κ2) is 13.5. The molecule has 10 rings (SSSR count). The number of hydrogen-bond donors (Lipinski definition) is 0. The molecule has 0 radical (unpaired) electrons. The number of fused-ring (bicyclic) bond motifs is 4. The van der Waals surface area contributed by atoms with E-state index in [0.717, 1.165) is 56.8 Å². The van der Waals surface area contributed by atoms with Crippen molar-refractivity contribution in [1.82, 2.24) is 15.0 Å². The van der Waals surface area contributed by atoms with E-state index in [1.54, 1.807) is 0 Å². The molecule has 54 heavy (non-hydrogen) atoms. The molecule has 2 heterocycles. The first kappa shape index (κ1) is 31.7. The smallest absolute Gasteiger partial charge is 0.160 e. The average molecular weight is 690 g/mol. The van der Waals surface area contributed by atoms with Crippen molar-refractivity contribution in [2.45, 2.75) is 12.3 Å². The predicted octanol–water partition coefficient (Wildman–Crippen LogP) is 13.1. The molecule has 0 N–H and O–H groups in total. The van der Waals surface area contributed by atoms with Crippen LogP contribution in [0.5, 0.6) is 0 Å². The summed E-state index contributed by atoms with van der Waals surface area (Å²) in [5, 5.41) is 7.34. The van der Waals surface area contributed by atoms with Crippen LogP contribution in [0.4, 0.5) is 0 Å². The monoisotopic (exact) mass is 689 g/mol. The number of allylic oxidation sites excluding steroid dienone is 4. The summed E-state index contributed by atoms with van der Waals surface area (Å²) in [6, 6.07) is 58.2. The van der Waals surface area contributed by atoms with Gasteiger partial charge in [0.1, 0.15) is 0 Å². The number of aromatic nitrogens is 3. The van der Waals surface area contributed by atoms with Crippen LogP contribution < -0.4 is 0 Å². The van der Waals surface area contributed by atoms with Crippen LogP contribution in [-0.2, 0) is 0 Å². The Morgan fingerprint density at radius 2 is 1.11 bits per heavy atom. The van der Waals surface area contributed by atoms with Crippen LogP contribution >= 0.6 is 0 Å². The maximum Gasteiger partial charge on any atom is 0.160 e. The molecule has 0 bridgehead atoms. The first-order chi connectivity index (χ1) is 26.7. The number of pyridine rings is 1. The SMILES string of the molecule is C1=CC(c2cc(-c3cccc(-c4ccccc4)c3)nc(-c3cccc(-c4cc5ccccc5c5ccccc45)c3)n2)CC=C1c1cncc2ccccc12. The summed E-state index contributed by atoms with van der Waals surface area (Å²) in [4.78, 5) is 15.2. The third-order valence-corrected chi connectivity index (χ3v) is 10.7. The van der Waals surface area contributed by atoms with Gasteiger partial charge < -0.3 is 0 Å². The molecule has 1 unspecified atom stereocenters. The summed E-state index contributed by atoms with van der Waals surface area (Å²) in [6.45, 7) is 0. The zero-order chi connectivity index (χ0) is 35.8. The van der Waals surface area contributed by atoms with E-state index in [0.29, 0.717) is 0 Å². The third kappa shape index (κ3) is 5.86. The molecule has 0 fully saturated rings. The lowest BCUT2D eigenvalue weighted by molar-refractivity contribution is 0.813. The molecule has 3 heteroatoms. The van der Waals surface area contributed by atoms with Crippen molar-refractivity contribution in [3.05, 3.63) is 206 Å². The van der Waals surface area contributed by atoms with E-state index >= 15 is 0 Å². The zero-order valence-corrected chi connectivity index (χ0v) is 29.6. The lowest BCUT2D eigenvalue weighted by Gasteiger charge is -2.19. The van der Waals surface area contributed by atoms with Gasteiger partial charge in [0.25, 0.3) is 0 Å². The maximum atomic E-state index is 5.32. The molecule has 1 aliphatic carbocycles. The van der Waals surface area contributed by atoms with E-state index in [4.69, 9.17) is 9.97 Å². The van der Waals surface area contributed by atoms with Crippen LogP contribution in [0.25, 0.3) is 82.8 Å². The van der Waals surface area contributed by atoms with E-state index < -0.39 is 0 Å². The number of nitrogens with zero attached hydrogens (tertiary/aromatic N) is 3. The minimum atomic E-state index is 0.0992. The van der Waals surface area contributed by atoms with Crippen molar-refractivity contribution in [2.24, 2.45) is 0 Å². The van der Waals surface area contributed by atoms with Gasteiger partial charge in [0.15, 0.2) is 5.82 Å². The summed E-state index contributed by atoms with van der Waals surface area (Å²) in [5.41, 5.74) is 11.0. The highest BCUT2D eigenvalue weighted by Gasteiger charge is 2.19. The molecule has 9 aromatic rings. The molecular formula is C51H35N3. The Bertz CT molecular complexity index is 2920. The second-order valence-corrected chi connectivity index (χ2v) is 14.0. The van der Waals surface area contributed by atoms with Gasteiger partial charge >= 0.3 is 0 Å². The largest absolute Gasteiger partial charge is 0.263 e. The fraction of sp³-hybridized carbons (Fsp3) is 0.0392. The minimum Gasteiger partial charge on any atom is -0.263 e. The van der Waals surface area contributed by atoms with Crippen LogP contribution in [0.3, 0.4) is 0 Å². The van der Waals surface area contributed by atoms with E-state index in [9.17, 15) is 0 Å². The molecule has 0 amide bonds. The molecular weight excluding hydrogens is 655 g/mol. The van der Waals surface area contributed by atoms with Gasteiger partial charge in [0.05, 0.1) is 11.4 Å². The van der Waals surface area contributed by atoms with E-state index in [1.807, 2.05) is 12.4 Å². The molecule has 254 valence electrons. The average Bonchev–Trinajstić information content (AvgIpc) is 3.26. The van der Waals surface area contributed by atoms with E-state index in [-0.39, 0.29) is 5.92 Å². The van der Waals surface area contributed by atoms with Gasteiger partial charge in [-0.3, -0.25) is 4.98 Å². The Kier molecular flexibility index (Phi) is 7.96. The van der Waals surface area contributed by atoms with Crippen molar-refractivity contribution < 1.29 is 0 Å². The van der Waals surface area contributed by atoms with Crippen molar-refractivity contribution in [3.63, 3.8) is 0 Å². The molecule has 1 atom stereocenters. The topological polar surface area (TPSA) is 38.7 Å². The fourth-order valence-electron chi connectivity index (χ4n) is 7.93. The fourth-order valence-corrected chi connectivity index (χ4v) is 7.93. The molecule has 0 saturated carbocycles. The second-order valence-electron chi connectivity index (χ2n) is 14.0. The molecule has 2 aromatic heterocycles. The lowest BCUT2D eigenvalue weighted by atomic mass is 9.89. The van der Waals surface area contributed by atoms with Crippen LogP contribution in [0, 0.1) is 0 Å². The minimum absolute atomic E-state index is 0.0992. The van der Waals surface area contributed by atoms with Crippen LogP contribution in [0.2, 0.25) is 0 Å². The highest BCUT2D eigenvalue weighted by molar-refractivity contribution is 6.13. The standard InChI is InChI=1S/C51H35N3/c1-2-12-34(13-3-1)37-16-10-18-40(28-37)50-31-49(36-26-24-35(25-27-36)48-33-52-32-42-15-5-7-21-44(42)48)53-51(54-50)41-19-11-17-38(29-41)47-30-39-14-4-6-20-43(39)45-22-8-9-23-46(45)47/h1-26,28-33,36H,27H2. The Hall–Kier alpha value is -6.97. The quantitative estimate of drug-likeness (QED) is 0.163. The number of rotatable bonds is 6. The van der Waals surface area contributed by atoms with Gasteiger partial charge in [0, 0.05) is 40.4 Å². The molecule has 7 aromatic carbocycles. The number of hydrogen-bond acceptors (Lipinski definition) is 3. The van der Waals surface area contributed by atoms with Crippen LogP contribution in [-0.4, -0.2) is 15.0 Å². The normalized spacial score (nSPS) is 14.1. The Balaban J connectivity index is 1.08. The van der Waals surface area contributed by atoms with E-state index in [2.05, 4.69) is 187 Å². The highest BCUT2D eigenvalue weighted by atomic mass is 14.9. The Morgan fingerprint density at radius 3 is 1.94 bits per heavy atom. The predicted molar refractivity (Wildman–Crippen MR) is 225 cm³/mol. The summed E-state index contributed by atoms with van der Waals surface area (Å²) >= 11 is 0.